The molecule has 2 aliphatic rings. The van der Waals surface area contributed by atoms with Crippen molar-refractivity contribution >= 4 is 0 Å². The van der Waals surface area contributed by atoms with Crippen LogP contribution in [0, 0.1) is 5.92 Å². The molecular weight excluding hydrogens is 214 g/mol. The van der Waals surface area contributed by atoms with E-state index in [0.29, 0.717) is 6.10 Å². The third-order valence-corrected chi connectivity index (χ3v) is 4.37. The summed E-state index contributed by atoms with van der Waals surface area (Å²) in [5.74, 6) is 0.753. The van der Waals surface area contributed by atoms with Crippen molar-refractivity contribution < 1.29 is 9.47 Å². The second kappa shape index (κ2) is 6.17. The Morgan fingerprint density at radius 3 is 2.53 bits per heavy atom. The second-order valence-corrected chi connectivity index (χ2v) is 5.49. The lowest BCUT2D eigenvalue weighted by Gasteiger charge is -2.45. The molecule has 5 unspecified atom stereocenters. The van der Waals surface area contributed by atoms with Crippen LogP contribution in [0.3, 0.4) is 0 Å². The minimum atomic E-state index is 0.138. The van der Waals surface area contributed by atoms with Crippen LogP contribution in [-0.2, 0) is 9.47 Å². The van der Waals surface area contributed by atoms with Crippen LogP contribution in [0.5, 0.6) is 0 Å². The Balaban J connectivity index is 1.83. The molecule has 2 fully saturated rings. The van der Waals surface area contributed by atoms with E-state index in [9.17, 15) is 0 Å². The summed E-state index contributed by atoms with van der Waals surface area (Å²) in [7, 11) is 0. The van der Waals surface area contributed by atoms with Crippen molar-refractivity contribution in [2.75, 3.05) is 6.61 Å². The fraction of sp³-hybridized carbons (Fsp3) is 1.00. The number of hydrogen-bond donors (Lipinski definition) is 1. The van der Waals surface area contributed by atoms with Gasteiger partial charge >= 0.3 is 0 Å². The highest BCUT2D eigenvalue weighted by molar-refractivity contribution is 4.96. The highest BCUT2D eigenvalue weighted by Gasteiger charge is 2.42. The second-order valence-electron chi connectivity index (χ2n) is 5.49. The van der Waals surface area contributed by atoms with Gasteiger partial charge < -0.3 is 15.2 Å². The Morgan fingerprint density at radius 1 is 1.12 bits per heavy atom. The van der Waals surface area contributed by atoms with Crippen molar-refractivity contribution in [3.8, 4) is 0 Å². The van der Waals surface area contributed by atoms with Gasteiger partial charge in [-0.25, -0.2) is 0 Å². The van der Waals surface area contributed by atoms with Gasteiger partial charge in [-0.15, -0.1) is 0 Å². The van der Waals surface area contributed by atoms with Gasteiger partial charge in [0.2, 0.25) is 0 Å². The summed E-state index contributed by atoms with van der Waals surface area (Å²) >= 11 is 0. The Bertz CT molecular complexity index is 234. The van der Waals surface area contributed by atoms with E-state index in [-0.39, 0.29) is 18.2 Å². The van der Waals surface area contributed by atoms with Crippen LogP contribution in [0.1, 0.15) is 52.4 Å². The van der Waals surface area contributed by atoms with E-state index in [1.807, 2.05) is 6.92 Å². The van der Waals surface area contributed by atoms with Crippen LogP contribution >= 0.6 is 0 Å². The van der Waals surface area contributed by atoms with E-state index in [1.54, 1.807) is 0 Å². The first-order valence-corrected chi connectivity index (χ1v) is 7.28. The Hall–Kier alpha value is -0.120. The van der Waals surface area contributed by atoms with Crippen molar-refractivity contribution in [3.63, 3.8) is 0 Å². The van der Waals surface area contributed by atoms with Crippen LogP contribution in [0.4, 0.5) is 0 Å². The third kappa shape index (κ3) is 3.01. The molecule has 0 heterocycles. The molecule has 0 aromatic rings. The lowest BCUT2D eigenvalue weighted by atomic mass is 9.82. The summed E-state index contributed by atoms with van der Waals surface area (Å²) in [6, 6.07) is 0.184. The first kappa shape index (κ1) is 13.3. The van der Waals surface area contributed by atoms with Gasteiger partial charge in [-0.1, -0.05) is 26.2 Å². The number of rotatable bonds is 5. The fourth-order valence-electron chi connectivity index (χ4n) is 3.22. The topological polar surface area (TPSA) is 44.5 Å². The molecule has 2 rings (SSSR count). The molecule has 0 bridgehead atoms. The maximum Gasteiger partial charge on any atom is 0.0988 e. The van der Waals surface area contributed by atoms with Gasteiger partial charge in [-0.2, -0.15) is 0 Å². The van der Waals surface area contributed by atoms with Gasteiger partial charge in [-0.05, 0) is 32.1 Å². The molecular formula is C14H27NO2. The smallest absolute Gasteiger partial charge is 0.0988 e. The van der Waals surface area contributed by atoms with Gasteiger partial charge in [0, 0.05) is 12.6 Å². The van der Waals surface area contributed by atoms with Crippen LogP contribution in [0.15, 0.2) is 0 Å². The Labute approximate surface area is 105 Å². The van der Waals surface area contributed by atoms with Crippen LogP contribution in [0.2, 0.25) is 0 Å². The predicted octanol–water partition coefficient (Wildman–Crippen LogP) is 2.48. The standard InChI is InChI=1S/C14H27NO2/c1-3-10-7-5-6-8-12(10)17-13-9-11(15)14(13)16-4-2/h10-14H,3-9,15H2,1-2H3. The van der Waals surface area contributed by atoms with Crippen LogP contribution < -0.4 is 5.73 Å². The SMILES string of the molecule is CCOC1C(N)CC1OC1CCCCC1CC. The predicted molar refractivity (Wildman–Crippen MR) is 68.9 cm³/mol. The van der Waals surface area contributed by atoms with E-state index >= 15 is 0 Å². The first-order valence-electron chi connectivity index (χ1n) is 7.28. The number of nitrogens with two attached hydrogens (primary N) is 1. The summed E-state index contributed by atoms with van der Waals surface area (Å²) in [5, 5.41) is 0. The van der Waals surface area contributed by atoms with Crippen molar-refractivity contribution in [2.45, 2.75) is 76.7 Å². The molecule has 5 atom stereocenters. The minimum Gasteiger partial charge on any atom is -0.374 e. The summed E-state index contributed by atoms with van der Waals surface area (Å²) in [6.07, 6.45) is 8.30. The quantitative estimate of drug-likeness (QED) is 0.804. The maximum absolute atomic E-state index is 6.26. The largest absolute Gasteiger partial charge is 0.374 e. The highest BCUT2D eigenvalue weighted by Crippen LogP contribution is 2.34. The summed E-state index contributed by atoms with van der Waals surface area (Å²) in [4.78, 5) is 0. The van der Waals surface area contributed by atoms with Crippen molar-refractivity contribution in [2.24, 2.45) is 11.7 Å². The van der Waals surface area contributed by atoms with Crippen molar-refractivity contribution in [1.82, 2.24) is 0 Å². The average Bonchev–Trinajstić information content (AvgIpc) is 2.36. The van der Waals surface area contributed by atoms with Crippen LogP contribution in [-0.4, -0.2) is 31.0 Å². The molecule has 0 amide bonds. The highest BCUT2D eigenvalue weighted by atomic mass is 16.6. The zero-order chi connectivity index (χ0) is 12.3. The van der Waals surface area contributed by atoms with E-state index < -0.39 is 0 Å². The molecule has 2 aliphatic carbocycles. The number of hydrogen-bond acceptors (Lipinski definition) is 3. The van der Waals surface area contributed by atoms with Crippen LogP contribution in [0.25, 0.3) is 0 Å². The number of ether oxygens (including phenoxy) is 2. The lowest BCUT2D eigenvalue weighted by Crippen LogP contribution is -2.59. The zero-order valence-corrected chi connectivity index (χ0v) is 11.2. The van der Waals surface area contributed by atoms with E-state index in [0.717, 1.165) is 18.9 Å². The normalized spacial score (nSPS) is 42.2. The summed E-state index contributed by atoms with van der Waals surface area (Å²) < 4.78 is 11.9. The van der Waals surface area contributed by atoms with E-state index in [1.165, 1.54) is 32.1 Å². The molecule has 3 nitrogen and oxygen atoms in total. The zero-order valence-electron chi connectivity index (χ0n) is 11.2. The summed E-state index contributed by atoms with van der Waals surface area (Å²) in [6.45, 7) is 5.04. The molecule has 0 saturated heterocycles. The van der Waals surface area contributed by atoms with Gasteiger partial charge in [0.1, 0.15) is 0 Å². The molecule has 100 valence electrons. The Morgan fingerprint density at radius 2 is 1.88 bits per heavy atom. The van der Waals surface area contributed by atoms with Crippen molar-refractivity contribution in [1.29, 1.82) is 0 Å². The first-order chi connectivity index (χ1) is 8.26. The average molecular weight is 241 g/mol. The molecule has 2 saturated carbocycles. The van der Waals surface area contributed by atoms with E-state index in [4.69, 9.17) is 15.2 Å². The molecule has 17 heavy (non-hydrogen) atoms. The maximum atomic E-state index is 6.26. The molecule has 0 aromatic heterocycles. The lowest BCUT2D eigenvalue weighted by molar-refractivity contribution is -0.175. The van der Waals surface area contributed by atoms with Crippen molar-refractivity contribution in [3.05, 3.63) is 0 Å². The molecule has 2 N–H and O–H groups in total. The van der Waals surface area contributed by atoms with E-state index in [2.05, 4.69) is 6.92 Å². The molecule has 0 spiro atoms. The molecule has 3 heteroatoms. The monoisotopic (exact) mass is 241 g/mol. The summed E-state index contributed by atoms with van der Waals surface area (Å²) in [5.41, 5.74) is 5.97. The minimum absolute atomic E-state index is 0.138. The fourth-order valence-corrected chi connectivity index (χ4v) is 3.22. The van der Waals surface area contributed by atoms with Gasteiger partial charge in [-0.3, -0.25) is 0 Å². The molecule has 0 radical (unpaired) electrons. The third-order valence-electron chi connectivity index (χ3n) is 4.37. The Kier molecular flexibility index (Phi) is 4.83. The van der Waals surface area contributed by atoms with Gasteiger partial charge in [0.05, 0.1) is 18.3 Å². The molecule has 0 aliphatic heterocycles. The van der Waals surface area contributed by atoms with Gasteiger partial charge in [0.15, 0.2) is 0 Å². The molecule has 0 aromatic carbocycles. The van der Waals surface area contributed by atoms with Gasteiger partial charge in [0.25, 0.3) is 0 Å².